The van der Waals surface area contributed by atoms with Crippen molar-refractivity contribution in [3.05, 3.63) is 59.7 Å². The molecule has 1 heterocycles. The zero-order valence-corrected chi connectivity index (χ0v) is 15.7. The fourth-order valence-corrected chi connectivity index (χ4v) is 3.13. The van der Waals surface area contributed by atoms with Gasteiger partial charge in [-0.1, -0.05) is 18.2 Å². The van der Waals surface area contributed by atoms with Crippen molar-refractivity contribution >= 4 is 11.8 Å². The quantitative estimate of drug-likeness (QED) is 0.812. The molecule has 1 fully saturated rings. The summed E-state index contributed by atoms with van der Waals surface area (Å²) in [4.78, 5) is 28.8. The molecule has 0 spiro atoms. The molecular weight excluding hydrogens is 344 g/mol. The predicted octanol–water partition coefficient (Wildman–Crippen LogP) is 2.23. The standard InChI is InChI=1S/C21H24N2O4/c1-26-18-8-6-16(7-9-18)14-20(24)22-10-12-23(13-11-22)21(25)17-4-3-5-19(15-17)27-2/h3-9,15H,10-14H2,1-2H3. The maximum atomic E-state index is 12.7. The van der Waals surface area contributed by atoms with Gasteiger partial charge in [-0.2, -0.15) is 0 Å². The van der Waals surface area contributed by atoms with Gasteiger partial charge in [0.2, 0.25) is 5.91 Å². The number of amides is 2. The van der Waals surface area contributed by atoms with Crippen molar-refractivity contribution in [2.75, 3.05) is 40.4 Å². The van der Waals surface area contributed by atoms with E-state index < -0.39 is 0 Å². The first-order valence-corrected chi connectivity index (χ1v) is 8.94. The van der Waals surface area contributed by atoms with Crippen molar-refractivity contribution in [3.8, 4) is 11.5 Å². The van der Waals surface area contributed by atoms with E-state index in [2.05, 4.69) is 0 Å². The van der Waals surface area contributed by atoms with Crippen molar-refractivity contribution in [2.45, 2.75) is 6.42 Å². The van der Waals surface area contributed by atoms with Gasteiger partial charge in [-0.05, 0) is 35.9 Å². The summed E-state index contributed by atoms with van der Waals surface area (Å²) < 4.78 is 10.3. The van der Waals surface area contributed by atoms with Crippen molar-refractivity contribution in [2.24, 2.45) is 0 Å². The number of hydrogen-bond donors (Lipinski definition) is 0. The summed E-state index contributed by atoms with van der Waals surface area (Å²) >= 11 is 0. The van der Waals surface area contributed by atoms with E-state index in [1.54, 1.807) is 37.3 Å². The second-order valence-corrected chi connectivity index (χ2v) is 6.43. The first-order chi connectivity index (χ1) is 13.1. The molecule has 142 valence electrons. The van der Waals surface area contributed by atoms with Crippen LogP contribution < -0.4 is 9.47 Å². The minimum absolute atomic E-state index is 0.0313. The Morgan fingerprint density at radius 2 is 1.48 bits per heavy atom. The second kappa shape index (κ2) is 8.58. The number of ether oxygens (including phenoxy) is 2. The normalized spacial score (nSPS) is 14.0. The molecule has 6 heteroatoms. The molecule has 1 saturated heterocycles. The molecule has 0 saturated carbocycles. The summed E-state index contributed by atoms with van der Waals surface area (Å²) in [6.45, 7) is 2.16. The maximum Gasteiger partial charge on any atom is 0.254 e. The summed E-state index contributed by atoms with van der Waals surface area (Å²) in [6, 6.07) is 14.7. The lowest BCUT2D eigenvalue weighted by Crippen LogP contribution is -2.51. The SMILES string of the molecule is COc1ccc(CC(=O)N2CCN(C(=O)c3cccc(OC)c3)CC2)cc1. The Kier molecular flexibility index (Phi) is 5.96. The van der Waals surface area contributed by atoms with Crippen LogP contribution in [0.15, 0.2) is 48.5 Å². The highest BCUT2D eigenvalue weighted by Gasteiger charge is 2.25. The largest absolute Gasteiger partial charge is 0.497 e. The Balaban J connectivity index is 1.54. The molecule has 6 nitrogen and oxygen atoms in total. The Morgan fingerprint density at radius 3 is 2.11 bits per heavy atom. The minimum atomic E-state index is -0.0313. The molecule has 1 aliphatic heterocycles. The molecule has 0 unspecified atom stereocenters. The lowest BCUT2D eigenvalue weighted by Gasteiger charge is -2.35. The summed E-state index contributed by atoms with van der Waals surface area (Å²) in [7, 11) is 3.20. The molecule has 0 aromatic heterocycles. The number of carbonyl (C=O) groups excluding carboxylic acids is 2. The molecule has 2 amide bonds. The van der Waals surface area contributed by atoms with Crippen LogP contribution >= 0.6 is 0 Å². The van der Waals surface area contributed by atoms with Crippen LogP contribution in [0.25, 0.3) is 0 Å². The van der Waals surface area contributed by atoms with Gasteiger partial charge < -0.3 is 19.3 Å². The lowest BCUT2D eigenvalue weighted by atomic mass is 10.1. The summed E-state index contributed by atoms with van der Waals surface area (Å²) in [5.41, 5.74) is 1.56. The zero-order chi connectivity index (χ0) is 19.2. The number of rotatable bonds is 5. The van der Waals surface area contributed by atoms with Crippen LogP contribution in [0.3, 0.4) is 0 Å². The van der Waals surface area contributed by atoms with Gasteiger partial charge in [-0.15, -0.1) is 0 Å². The number of benzene rings is 2. The third-order valence-electron chi connectivity index (χ3n) is 4.75. The van der Waals surface area contributed by atoms with Crippen LogP contribution in [-0.2, 0) is 11.2 Å². The Hall–Kier alpha value is -3.02. The van der Waals surface area contributed by atoms with Gasteiger partial charge in [0.15, 0.2) is 0 Å². The molecular formula is C21H24N2O4. The first kappa shape index (κ1) is 18.8. The lowest BCUT2D eigenvalue weighted by molar-refractivity contribution is -0.131. The van der Waals surface area contributed by atoms with E-state index in [0.29, 0.717) is 43.9 Å². The van der Waals surface area contributed by atoms with E-state index in [4.69, 9.17) is 9.47 Å². The average Bonchev–Trinajstić information content (AvgIpc) is 2.74. The average molecular weight is 368 g/mol. The van der Waals surface area contributed by atoms with Crippen LogP contribution in [-0.4, -0.2) is 62.0 Å². The van der Waals surface area contributed by atoms with Crippen molar-refractivity contribution in [1.82, 2.24) is 9.80 Å². The molecule has 27 heavy (non-hydrogen) atoms. The maximum absolute atomic E-state index is 12.7. The summed E-state index contributed by atoms with van der Waals surface area (Å²) in [5, 5.41) is 0. The van der Waals surface area contributed by atoms with Crippen LogP contribution in [0.1, 0.15) is 15.9 Å². The number of hydrogen-bond acceptors (Lipinski definition) is 4. The van der Waals surface area contributed by atoms with Gasteiger partial charge in [0.25, 0.3) is 5.91 Å². The molecule has 0 bridgehead atoms. The van der Waals surface area contributed by atoms with Crippen molar-refractivity contribution < 1.29 is 19.1 Å². The highest BCUT2D eigenvalue weighted by atomic mass is 16.5. The third-order valence-corrected chi connectivity index (χ3v) is 4.75. The predicted molar refractivity (Wildman–Crippen MR) is 102 cm³/mol. The van der Waals surface area contributed by atoms with Crippen LogP contribution in [0.5, 0.6) is 11.5 Å². The van der Waals surface area contributed by atoms with Gasteiger partial charge in [0, 0.05) is 31.7 Å². The smallest absolute Gasteiger partial charge is 0.254 e. The van der Waals surface area contributed by atoms with Crippen molar-refractivity contribution in [3.63, 3.8) is 0 Å². The summed E-state index contributed by atoms with van der Waals surface area (Å²) in [6.07, 6.45) is 0.355. The zero-order valence-electron chi connectivity index (χ0n) is 15.7. The van der Waals surface area contributed by atoms with E-state index in [1.807, 2.05) is 35.2 Å². The fourth-order valence-electron chi connectivity index (χ4n) is 3.13. The van der Waals surface area contributed by atoms with Crippen LogP contribution in [0, 0.1) is 0 Å². The molecule has 2 aromatic carbocycles. The Bertz CT molecular complexity index is 796. The van der Waals surface area contributed by atoms with Crippen LogP contribution in [0.4, 0.5) is 0 Å². The molecule has 0 N–H and O–H groups in total. The molecule has 0 aliphatic carbocycles. The van der Waals surface area contributed by atoms with E-state index in [0.717, 1.165) is 11.3 Å². The molecule has 3 rings (SSSR count). The Morgan fingerprint density at radius 1 is 0.852 bits per heavy atom. The topological polar surface area (TPSA) is 59.1 Å². The van der Waals surface area contributed by atoms with E-state index in [9.17, 15) is 9.59 Å². The molecule has 0 radical (unpaired) electrons. The van der Waals surface area contributed by atoms with E-state index >= 15 is 0 Å². The van der Waals surface area contributed by atoms with Gasteiger partial charge in [0.05, 0.1) is 20.6 Å². The van der Waals surface area contributed by atoms with Gasteiger partial charge in [-0.25, -0.2) is 0 Å². The van der Waals surface area contributed by atoms with E-state index in [1.165, 1.54) is 0 Å². The molecule has 0 atom stereocenters. The van der Waals surface area contributed by atoms with Crippen molar-refractivity contribution in [1.29, 1.82) is 0 Å². The highest BCUT2D eigenvalue weighted by Crippen LogP contribution is 2.16. The number of piperazine rings is 1. The number of nitrogens with zero attached hydrogens (tertiary/aromatic N) is 2. The second-order valence-electron chi connectivity index (χ2n) is 6.43. The fraction of sp³-hybridized carbons (Fsp3) is 0.333. The highest BCUT2D eigenvalue weighted by molar-refractivity contribution is 5.94. The number of carbonyl (C=O) groups is 2. The molecule has 1 aliphatic rings. The van der Waals surface area contributed by atoms with Gasteiger partial charge >= 0.3 is 0 Å². The minimum Gasteiger partial charge on any atom is -0.497 e. The summed E-state index contributed by atoms with van der Waals surface area (Å²) in [5.74, 6) is 1.48. The van der Waals surface area contributed by atoms with Crippen LogP contribution in [0.2, 0.25) is 0 Å². The monoisotopic (exact) mass is 368 g/mol. The van der Waals surface area contributed by atoms with E-state index in [-0.39, 0.29) is 11.8 Å². The molecule has 2 aromatic rings. The Labute approximate surface area is 159 Å². The first-order valence-electron chi connectivity index (χ1n) is 8.94. The third kappa shape index (κ3) is 4.58. The van der Waals surface area contributed by atoms with Gasteiger partial charge in [0.1, 0.15) is 11.5 Å². The number of methoxy groups -OCH3 is 2. The van der Waals surface area contributed by atoms with Gasteiger partial charge in [-0.3, -0.25) is 9.59 Å².